The van der Waals surface area contributed by atoms with Gasteiger partial charge in [-0.2, -0.15) is 0 Å². The quantitative estimate of drug-likeness (QED) is 0.466. The van der Waals surface area contributed by atoms with E-state index in [-0.39, 0.29) is 28.8 Å². The van der Waals surface area contributed by atoms with Gasteiger partial charge in [0, 0.05) is 23.5 Å². The first-order chi connectivity index (χ1) is 11.9. The Labute approximate surface area is 145 Å². The van der Waals surface area contributed by atoms with E-state index in [9.17, 15) is 20.0 Å². The monoisotopic (exact) mass is 342 g/mol. The van der Waals surface area contributed by atoms with Crippen LogP contribution in [-0.2, 0) is 0 Å². The molecule has 4 fully saturated rings. The topological polar surface area (TPSA) is 92.5 Å². The van der Waals surface area contributed by atoms with E-state index in [0.717, 1.165) is 25.7 Å². The maximum Gasteiger partial charge on any atom is 0.311 e. The highest BCUT2D eigenvalue weighted by atomic mass is 16.6. The number of ether oxygens (including phenoxy) is 1. The number of carbonyl (C=O) groups excluding carboxylic acids is 1. The number of aromatic carboxylic acids is 1. The summed E-state index contributed by atoms with van der Waals surface area (Å²) in [6.45, 7) is 3.98. The maximum absolute atomic E-state index is 11.4. The molecule has 4 aliphatic rings. The third kappa shape index (κ3) is 2.42. The van der Waals surface area contributed by atoms with Gasteiger partial charge in [0.2, 0.25) is 0 Å². The summed E-state index contributed by atoms with van der Waals surface area (Å²) >= 11 is 0. The molecule has 0 atom stereocenters. The van der Waals surface area contributed by atoms with E-state index in [4.69, 9.17) is 4.74 Å². The van der Waals surface area contributed by atoms with Crippen molar-refractivity contribution in [1.82, 2.24) is 0 Å². The second kappa shape index (κ2) is 5.58. The molecule has 0 saturated heterocycles. The number of nitro benzene ring substituents is 1. The van der Waals surface area contributed by atoms with Crippen LogP contribution in [0.3, 0.4) is 0 Å². The van der Waals surface area contributed by atoms with E-state index in [1.54, 1.807) is 6.08 Å². The largest absolute Gasteiger partial charge is 0.545 e. The fourth-order valence-electron chi connectivity index (χ4n) is 5.53. The minimum absolute atomic E-state index is 0.000858. The standard InChI is InChI=1S/C19H21NO5/c1-2-19(14-6-11-5-12(8-14)9-15(19)7-11)25-17-10-13(18(21)22)3-4-16(17)20(23)24/h2-4,10-12,14-15H,1,5-9H2,(H,21,22)/p-1. The molecule has 0 radical (unpaired) electrons. The van der Waals surface area contributed by atoms with Crippen molar-refractivity contribution >= 4 is 11.7 Å². The third-order valence-electron chi connectivity index (χ3n) is 6.41. The Morgan fingerprint density at radius 3 is 2.28 bits per heavy atom. The van der Waals surface area contributed by atoms with Gasteiger partial charge in [0.1, 0.15) is 5.60 Å². The Morgan fingerprint density at radius 1 is 1.20 bits per heavy atom. The minimum atomic E-state index is -1.38. The summed E-state index contributed by atoms with van der Waals surface area (Å²) in [5.41, 5.74) is -0.994. The summed E-state index contributed by atoms with van der Waals surface area (Å²) in [6.07, 6.45) is 7.27. The van der Waals surface area contributed by atoms with Crippen molar-refractivity contribution in [2.24, 2.45) is 23.7 Å². The molecule has 4 aliphatic carbocycles. The normalized spacial score (nSPS) is 35.4. The van der Waals surface area contributed by atoms with E-state index in [1.165, 1.54) is 24.6 Å². The first kappa shape index (κ1) is 16.1. The van der Waals surface area contributed by atoms with Gasteiger partial charge in [-0.1, -0.05) is 6.58 Å². The molecule has 6 heteroatoms. The molecule has 1 aromatic rings. The van der Waals surface area contributed by atoms with E-state index in [0.29, 0.717) is 11.8 Å². The van der Waals surface area contributed by atoms with E-state index < -0.39 is 16.5 Å². The smallest absolute Gasteiger partial charge is 0.311 e. The van der Waals surface area contributed by atoms with Gasteiger partial charge in [-0.25, -0.2) is 0 Å². The lowest BCUT2D eigenvalue weighted by Crippen LogP contribution is -2.59. The summed E-state index contributed by atoms with van der Waals surface area (Å²) < 4.78 is 6.26. The molecular weight excluding hydrogens is 322 g/mol. The fourth-order valence-corrected chi connectivity index (χ4v) is 5.53. The number of hydrogen-bond acceptors (Lipinski definition) is 5. The molecule has 1 aromatic carbocycles. The number of carbonyl (C=O) groups is 1. The number of nitro groups is 1. The number of benzene rings is 1. The summed E-state index contributed by atoms with van der Waals surface area (Å²) in [5, 5.41) is 22.5. The molecule has 0 N–H and O–H groups in total. The number of carboxylic acid groups (broad SMARTS) is 1. The molecule has 6 nitrogen and oxygen atoms in total. The number of carboxylic acids is 1. The van der Waals surface area contributed by atoms with Crippen LogP contribution < -0.4 is 9.84 Å². The predicted molar refractivity (Wildman–Crippen MR) is 88.0 cm³/mol. The molecule has 0 spiro atoms. The molecule has 4 bridgehead atoms. The Bertz CT molecular complexity index is 728. The lowest BCUT2D eigenvalue weighted by Gasteiger charge is -2.59. The van der Waals surface area contributed by atoms with Crippen LogP contribution in [0.25, 0.3) is 0 Å². The zero-order valence-corrected chi connectivity index (χ0v) is 13.8. The Morgan fingerprint density at radius 2 is 1.80 bits per heavy atom. The zero-order valence-electron chi connectivity index (χ0n) is 13.8. The average Bonchev–Trinajstić information content (AvgIpc) is 2.57. The van der Waals surface area contributed by atoms with Crippen molar-refractivity contribution in [2.75, 3.05) is 0 Å². The van der Waals surface area contributed by atoms with Crippen LogP contribution in [-0.4, -0.2) is 16.5 Å². The van der Waals surface area contributed by atoms with Crippen molar-refractivity contribution < 1.29 is 19.6 Å². The molecular formula is C19H20NO5-. The van der Waals surface area contributed by atoms with Crippen molar-refractivity contribution in [3.63, 3.8) is 0 Å². The predicted octanol–water partition coefficient (Wildman–Crippen LogP) is 2.72. The highest BCUT2D eigenvalue weighted by molar-refractivity contribution is 5.87. The van der Waals surface area contributed by atoms with Crippen LogP contribution in [0.4, 0.5) is 5.69 Å². The molecule has 0 aromatic heterocycles. The van der Waals surface area contributed by atoms with Gasteiger partial charge >= 0.3 is 5.69 Å². The van der Waals surface area contributed by atoms with E-state index in [2.05, 4.69) is 6.58 Å². The van der Waals surface area contributed by atoms with Crippen molar-refractivity contribution in [2.45, 2.75) is 37.7 Å². The fraction of sp³-hybridized carbons (Fsp3) is 0.526. The van der Waals surface area contributed by atoms with Crippen LogP contribution in [0, 0.1) is 33.8 Å². The van der Waals surface area contributed by atoms with Gasteiger partial charge in [-0.05, 0) is 62.1 Å². The van der Waals surface area contributed by atoms with Crippen molar-refractivity contribution in [1.29, 1.82) is 0 Å². The molecule has 5 rings (SSSR count). The molecule has 4 saturated carbocycles. The number of nitrogens with zero attached hydrogens (tertiary/aromatic N) is 1. The van der Waals surface area contributed by atoms with Gasteiger partial charge in [0.25, 0.3) is 0 Å². The van der Waals surface area contributed by atoms with Crippen LogP contribution >= 0.6 is 0 Å². The van der Waals surface area contributed by atoms with Crippen LogP contribution in [0.15, 0.2) is 30.9 Å². The molecule has 0 amide bonds. The molecule has 0 unspecified atom stereocenters. The van der Waals surface area contributed by atoms with Crippen molar-refractivity contribution in [3.8, 4) is 5.75 Å². The summed E-state index contributed by atoms with van der Waals surface area (Å²) in [4.78, 5) is 22.0. The van der Waals surface area contributed by atoms with Gasteiger partial charge in [-0.15, -0.1) is 0 Å². The highest BCUT2D eigenvalue weighted by Gasteiger charge is 2.58. The van der Waals surface area contributed by atoms with Gasteiger partial charge in [-0.3, -0.25) is 10.1 Å². The van der Waals surface area contributed by atoms with Crippen LogP contribution in [0.1, 0.15) is 42.5 Å². The zero-order chi connectivity index (χ0) is 17.8. The van der Waals surface area contributed by atoms with Crippen LogP contribution in [0.2, 0.25) is 0 Å². The Kier molecular flexibility index (Phi) is 3.60. The van der Waals surface area contributed by atoms with Gasteiger partial charge in [0.15, 0.2) is 5.75 Å². The average molecular weight is 342 g/mol. The maximum atomic E-state index is 11.4. The second-order valence-electron chi connectivity index (χ2n) is 7.69. The minimum Gasteiger partial charge on any atom is -0.545 e. The second-order valence-corrected chi connectivity index (χ2v) is 7.69. The van der Waals surface area contributed by atoms with Gasteiger partial charge in [0.05, 0.1) is 10.9 Å². The first-order valence-electron chi connectivity index (χ1n) is 8.75. The molecule has 132 valence electrons. The molecule has 0 aliphatic heterocycles. The Balaban J connectivity index is 1.75. The van der Waals surface area contributed by atoms with Crippen molar-refractivity contribution in [3.05, 3.63) is 46.5 Å². The molecule has 0 heterocycles. The summed E-state index contributed by atoms with van der Waals surface area (Å²) in [6, 6.07) is 3.56. The lowest BCUT2D eigenvalue weighted by molar-refractivity contribution is -0.386. The summed E-state index contributed by atoms with van der Waals surface area (Å²) in [7, 11) is 0. The third-order valence-corrected chi connectivity index (χ3v) is 6.41. The SMILES string of the molecule is C=CC1(Oc2cc(C(=O)[O-])ccc2[N+](=O)[O-])C2CC3CC(C2)CC1C3. The first-order valence-corrected chi connectivity index (χ1v) is 8.75. The number of rotatable bonds is 5. The lowest BCUT2D eigenvalue weighted by atomic mass is 9.50. The molecule has 25 heavy (non-hydrogen) atoms. The Hall–Kier alpha value is -2.37. The van der Waals surface area contributed by atoms with Crippen LogP contribution in [0.5, 0.6) is 5.75 Å². The summed E-state index contributed by atoms with van der Waals surface area (Å²) in [5.74, 6) is 0.615. The number of hydrogen-bond donors (Lipinski definition) is 0. The van der Waals surface area contributed by atoms with Gasteiger partial charge < -0.3 is 14.6 Å². The van der Waals surface area contributed by atoms with E-state index >= 15 is 0 Å². The highest BCUT2D eigenvalue weighted by Crippen LogP contribution is 2.60. The van der Waals surface area contributed by atoms with E-state index in [1.807, 2.05) is 0 Å².